The molecule has 88 valence electrons. The fourth-order valence-corrected chi connectivity index (χ4v) is 2.13. The number of Topliss-reactive ketones (excluding diaryl/α,β-unsaturated/α-hetero) is 1. The van der Waals surface area contributed by atoms with Crippen molar-refractivity contribution in [2.45, 2.75) is 38.5 Å². The van der Waals surface area contributed by atoms with Gasteiger partial charge >= 0.3 is 0 Å². The van der Waals surface area contributed by atoms with Crippen LogP contribution in [0.4, 0.5) is 0 Å². The molecule has 0 bridgehead atoms. The zero-order chi connectivity index (χ0) is 12.3. The highest BCUT2D eigenvalue weighted by atomic mass is 16.1. The normalized spacial score (nSPS) is 16.2. The second-order valence-electron chi connectivity index (χ2n) is 4.73. The molecular weight excluding hydrogens is 210 g/mol. The molecule has 1 fully saturated rings. The Labute approximate surface area is 102 Å². The molecule has 2 rings (SSSR count). The Hall–Kier alpha value is -1.62. The molecule has 0 N–H and O–H groups in total. The van der Waals surface area contributed by atoms with Gasteiger partial charge in [0.1, 0.15) is 0 Å². The summed E-state index contributed by atoms with van der Waals surface area (Å²) in [4.78, 5) is 12.2. The van der Waals surface area contributed by atoms with Gasteiger partial charge in [-0.1, -0.05) is 25.1 Å². The van der Waals surface area contributed by atoms with Crippen molar-refractivity contribution in [3.8, 4) is 6.07 Å². The van der Waals surface area contributed by atoms with Crippen LogP contribution in [0.2, 0.25) is 0 Å². The SMILES string of the molecule is CCC(CC#N)C(=O)c1cccc(C2CC2)c1. The lowest BCUT2D eigenvalue weighted by Gasteiger charge is -2.10. The minimum Gasteiger partial charge on any atom is -0.294 e. The minimum atomic E-state index is -0.144. The molecule has 0 saturated heterocycles. The van der Waals surface area contributed by atoms with Gasteiger partial charge < -0.3 is 0 Å². The van der Waals surface area contributed by atoms with E-state index in [1.54, 1.807) is 0 Å². The standard InChI is InChI=1S/C15H17NO/c1-2-11(8-9-16)15(17)14-5-3-4-13(10-14)12-6-7-12/h3-5,10-12H,2,6-8H2,1H3. The van der Waals surface area contributed by atoms with Crippen molar-refractivity contribution >= 4 is 5.78 Å². The molecule has 0 aliphatic heterocycles. The van der Waals surface area contributed by atoms with E-state index >= 15 is 0 Å². The fraction of sp³-hybridized carbons (Fsp3) is 0.467. The number of ketones is 1. The van der Waals surface area contributed by atoms with Crippen molar-refractivity contribution in [1.82, 2.24) is 0 Å². The van der Waals surface area contributed by atoms with Crippen LogP contribution in [0, 0.1) is 17.2 Å². The van der Waals surface area contributed by atoms with Crippen LogP contribution in [0.3, 0.4) is 0 Å². The van der Waals surface area contributed by atoms with E-state index in [-0.39, 0.29) is 11.7 Å². The van der Waals surface area contributed by atoms with Crippen molar-refractivity contribution < 1.29 is 4.79 Å². The highest BCUT2D eigenvalue weighted by molar-refractivity contribution is 5.98. The van der Waals surface area contributed by atoms with Crippen LogP contribution in [0.15, 0.2) is 24.3 Å². The summed E-state index contributed by atoms with van der Waals surface area (Å²) in [6, 6.07) is 10.0. The predicted molar refractivity (Wildman–Crippen MR) is 66.8 cm³/mol. The van der Waals surface area contributed by atoms with Crippen molar-refractivity contribution in [1.29, 1.82) is 5.26 Å². The molecule has 2 heteroatoms. The van der Waals surface area contributed by atoms with E-state index in [1.807, 2.05) is 25.1 Å². The molecule has 2 nitrogen and oxygen atoms in total. The zero-order valence-electron chi connectivity index (χ0n) is 10.1. The lowest BCUT2D eigenvalue weighted by Crippen LogP contribution is -2.13. The summed E-state index contributed by atoms with van der Waals surface area (Å²) in [5.41, 5.74) is 2.05. The van der Waals surface area contributed by atoms with Crippen LogP contribution < -0.4 is 0 Å². The average molecular weight is 227 g/mol. The van der Waals surface area contributed by atoms with E-state index in [1.165, 1.54) is 18.4 Å². The maximum absolute atomic E-state index is 12.2. The molecule has 1 aromatic rings. The molecule has 0 heterocycles. The largest absolute Gasteiger partial charge is 0.294 e. The fourth-order valence-electron chi connectivity index (χ4n) is 2.13. The van der Waals surface area contributed by atoms with Crippen LogP contribution in [0.5, 0.6) is 0 Å². The monoisotopic (exact) mass is 227 g/mol. The topological polar surface area (TPSA) is 40.9 Å². The number of rotatable bonds is 5. The number of carbonyl (C=O) groups excluding carboxylic acids is 1. The molecule has 1 aromatic carbocycles. The van der Waals surface area contributed by atoms with E-state index in [9.17, 15) is 4.79 Å². The first-order valence-electron chi connectivity index (χ1n) is 6.27. The number of benzene rings is 1. The van der Waals surface area contributed by atoms with Gasteiger partial charge in [-0.2, -0.15) is 5.26 Å². The van der Waals surface area contributed by atoms with E-state index in [2.05, 4.69) is 12.1 Å². The van der Waals surface area contributed by atoms with E-state index in [4.69, 9.17) is 5.26 Å². The quantitative estimate of drug-likeness (QED) is 0.720. The third-order valence-electron chi connectivity index (χ3n) is 3.42. The molecule has 0 radical (unpaired) electrons. The second-order valence-corrected chi connectivity index (χ2v) is 4.73. The number of hydrogen-bond donors (Lipinski definition) is 0. The van der Waals surface area contributed by atoms with Crippen molar-refractivity contribution in [2.75, 3.05) is 0 Å². The van der Waals surface area contributed by atoms with Crippen LogP contribution in [0.25, 0.3) is 0 Å². The summed E-state index contributed by atoms with van der Waals surface area (Å²) < 4.78 is 0. The molecule has 1 unspecified atom stereocenters. The summed E-state index contributed by atoms with van der Waals surface area (Å²) >= 11 is 0. The Morgan fingerprint density at radius 3 is 2.88 bits per heavy atom. The first kappa shape index (κ1) is 11.9. The second kappa shape index (κ2) is 5.14. The highest BCUT2D eigenvalue weighted by Gasteiger charge is 2.25. The van der Waals surface area contributed by atoms with Crippen molar-refractivity contribution in [3.05, 3.63) is 35.4 Å². The van der Waals surface area contributed by atoms with Gasteiger partial charge in [0.15, 0.2) is 5.78 Å². The van der Waals surface area contributed by atoms with Gasteiger partial charge in [0.2, 0.25) is 0 Å². The lowest BCUT2D eigenvalue weighted by atomic mass is 9.91. The molecule has 1 aliphatic rings. The van der Waals surface area contributed by atoms with Crippen molar-refractivity contribution in [2.24, 2.45) is 5.92 Å². The third-order valence-corrected chi connectivity index (χ3v) is 3.42. The summed E-state index contributed by atoms with van der Waals surface area (Å²) in [5.74, 6) is 0.643. The van der Waals surface area contributed by atoms with Crippen LogP contribution >= 0.6 is 0 Å². The smallest absolute Gasteiger partial charge is 0.166 e. The van der Waals surface area contributed by atoms with Crippen LogP contribution in [-0.4, -0.2) is 5.78 Å². The van der Waals surface area contributed by atoms with Gasteiger partial charge in [-0.3, -0.25) is 4.79 Å². The van der Waals surface area contributed by atoms with E-state index in [0.717, 1.165) is 12.0 Å². The first-order chi connectivity index (χ1) is 8.26. The first-order valence-corrected chi connectivity index (χ1v) is 6.27. The molecular formula is C15H17NO. The van der Waals surface area contributed by atoms with Gasteiger partial charge in [0.25, 0.3) is 0 Å². The van der Waals surface area contributed by atoms with Crippen LogP contribution in [0.1, 0.15) is 54.4 Å². The number of nitriles is 1. The number of carbonyl (C=O) groups is 1. The molecule has 0 amide bonds. The Bertz CT molecular complexity index is 454. The van der Waals surface area contributed by atoms with Gasteiger partial charge in [0, 0.05) is 17.9 Å². The highest BCUT2D eigenvalue weighted by Crippen LogP contribution is 2.40. The van der Waals surface area contributed by atoms with Crippen molar-refractivity contribution in [3.63, 3.8) is 0 Å². The maximum atomic E-state index is 12.2. The molecule has 0 aromatic heterocycles. The zero-order valence-corrected chi connectivity index (χ0v) is 10.1. The predicted octanol–water partition coefficient (Wildman–Crippen LogP) is 3.69. The van der Waals surface area contributed by atoms with Gasteiger partial charge in [0.05, 0.1) is 6.07 Å². The van der Waals surface area contributed by atoms with Gasteiger partial charge in [-0.15, -0.1) is 0 Å². The van der Waals surface area contributed by atoms with E-state index in [0.29, 0.717) is 12.3 Å². The average Bonchev–Trinajstić information content (AvgIpc) is 3.19. The molecule has 17 heavy (non-hydrogen) atoms. The van der Waals surface area contributed by atoms with Gasteiger partial charge in [-0.25, -0.2) is 0 Å². The Balaban J connectivity index is 2.17. The lowest BCUT2D eigenvalue weighted by molar-refractivity contribution is 0.0918. The van der Waals surface area contributed by atoms with Gasteiger partial charge in [-0.05, 0) is 36.8 Å². The minimum absolute atomic E-state index is 0.122. The third kappa shape index (κ3) is 2.74. The molecule has 0 spiro atoms. The Kier molecular flexibility index (Phi) is 3.58. The van der Waals surface area contributed by atoms with Crippen LogP contribution in [-0.2, 0) is 0 Å². The molecule has 1 atom stereocenters. The summed E-state index contributed by atoms with van der Waals surface area (Å²) in [7, 11) is 0. The summed E-state index contributed by atoms with van der Waals surface area (Å²) in [6.07, 6.45) is 3.54. The molecule has 1 aliphatic carbocycles. The van der Waals surface area contributed by atoms with E-state index < -0.39 is 0 Å². The summed E-state index contributed by atoms with van der Waals surface area (Å²) in [6.45, 7) is 1.96. The summed E-state index contributed by atoms with van der Waals surface area (Å²) in [5, 5.41) is 8.71. The maximum Gasteiger partial charge on any atom is 0.166 e. The molecule has 1 saturated carbocycles. The Morgan fingerprint density at radius 1 is 1.53 bits per heavy atom. The number of nitrogens with zero attached hydrogens (tertiary/aromatic N) is 1. The Morgan fingerprint density at radius 2 is 2.29 bits per heavy atom. The number of hydrogen-bond acceptors (Lipinski definition) is 2.